The SMILES string of the molecule is Cc1cc(C(=O)N2CCCC2C(=O)NCCCSc2ccccc2)ccc1[N+](=O)[O-]. The van der Waals surface area contributed by atoms with E-state index in [0.717, 1.165) is 18.6 Å². The molecule has 0 bridgehead atoms. The third-order valence-electron chi connectivity index (χ3n) is 5.09. The maximum absolute atomic E-state index is 12.9. The quantitative estimate of drug-likeness (QED) is 0.299. The van der Waals surface area contributed by atoms with Gasteiger partial charge in [-0.1, -0.05) is 18.2 Å². The first kappa shape index (κ1) is 21.8. The van der Waals surface area contributed by atoms with Crippen molar-refractivity contribution in [1.82, 2.24) is 10.2 Å². The highest BCUT2D eigenvalue weighted by Crippen LogP contribution is 2.24. The second-order valence-corrected chi connectivity index (χ2v) is 8.39. The minimum atomic E-state index is -0.491. The van der Waals surface area contributed by atoms with E-state index in [1.165, 1.54) is 23.1 Å². The summed E-state index contributed by atoms with van der Waals surface area (Å²) >= 11 is 1.75. The van der Waals surface area contributed by atoms with Crippen molar-refractivity contribution in [2.24, 2.45) is 0 Å². The van der Waals surface area contributed by atoms with Crippen molar-refractivity contribution in [2.45, 2.75) is 37.1 Å². The predicted molar refractivity (Wildman–Crippen MR) is 117 cm³/mol. The highest BCUT2D eigenvalue weighted by atomic mass is 32.2. The number of likely N-dealkylation sites (tertiary alicyclic amines) is 1. The van der Waals surface area contributed by atoms with Crippen LogP contribution in [0.3, 0.4) is 0 Å². The van der Waals surface area contributed by atoms with Crippen molar-refractivity contribution in [2.75, 3.05) is 18.8 Å². The fourth-order valence-electron chi connectivity index (χ4n) is 3.55. The number of amides is 2. The minimum Gasteiger partial charge on any atom is -0.354 e. The zero-order valence-electron chi connectivity index (χ0n) is 16.9. The van der Waals surface area contributed by atoms with Crippen molar-refractivity contribution in [3.63, 3.8) is 0 Å². The third kappa shape index (κ3) is 5.38. The van der Waals surface area contributed by atoms with Crippen LogP contribution < -0.4 is 5.32 Å². The Morgan fingerprint density at radius 1 is 1.23 bits per heavy atom. The summed E-state index contributed by atoms with van der Waals surface area (Å²) in [5.74, 6) is 0.508. The topological polar surface area (TPSA) is 92.6 Å². The number of nitro benzene ring substituents is 1. The lowest BCUT2D eigenvalue weighted by Gasteiger charge is -2.24. The molecule has 0 aliphatic carbocycles. The van der Waals surface area contributed by atoms with Crippen LogP contribution in [-0.2, 0) is 4.79 Å². The van der Waals surface area contributed by atoms with E-state index >= 15 is 0 Å². The number of nitro groups is 1. The first-order chi connectivity index (χ1) is 14.5. The van der Waals surface area contributed by atoms with Crippen LogP contribution in [0.1, 0.15) is 35.2 Å². The molecule has 2 aromatic carbocycles. The average Bonchev–Trinajstić information content (AvgIpc) is 3.23. The van der Waals surface area contributed by atoms with Crippen LogP contribution in [0, 0.1) is 17.0 Å². The normalized spacial score (nSPS) is 15.8. The molecule has 1 N–H and O–H groups in total. The Morgan fingerprint density at radius 3 is 2.70 bits per heavy atom. The maximum Gasteiger partial charge on any atom is 0.272 e. The van der Waals surface area contributed by atoms with Crippen LogP contribution in [0.4, 0.5) is 5.69 Å². The number of hydrogen-bond donors (Lipinski definition) is 1. The first-order valence-corrected chi connectivity index (χ1v) is 11.0. The molecule has 0 radical (unpaired) electrons. The van der Waals surface area contributed by atoms with Gasteiger partial charge in [-0.3, -0.25) is 19.7 Å². The summed E-state index contributed by atoms with van der Waals surface area (Å²) in [5, 5.41) is 13.9. The van der Waals surface area contributed by atoms with Gasteiger partial charge in [-0.05, 0) is 56.2 Å². The van der Waals surface area contributed by atoms with Gasteiger partial charge in [-0.15, -0.1) is 11.8 Å². The summed E-state index contributed by atoms with van der Waals surface area (Å²) in [7, 11) is 0. The van der Waals surface area contributed by atoms with Crippen LogP contribution >= 0.6 is 11.8 Å². The van der Waals surface area contributed by atoms with E-state index in [2.05, 4.69) is 17.4 Å². The fourth-order valence-corrected chi connectivity index (χ4v) is 4.42. The minimum absolute atomic E-state index is 0.0179. The van der Waals surface area contributed by atoms with Crippen molar-refractivity contribution < 1.29 is 14.5 Å². The monoisotopic (exact) mass is 427 g/mol. The summed E-state index contributed by atoms with van der Waals surface area (Å²) in [4.78, 5) is 38.8. The van der Waals surface area contributed by atoms with Gasteiger partial charge in [0.05, 0.1) is 4.92 Å². The molecular formula is C22H25N3O4S. The number of aryl methyl sites for hydroxylation is 1. The molecule has 1 unspecified atom stereocenters. The molecule has 7 nitrogen and oxygen atoms in total. The standard InChI is InChI=1S/C22H25N3O4S/c1-16-15-17(10-11-19(16)25(28)29)22(27)24-13-5-9-20(24)21(26)23-12-6-14-30-18-7-3-2-4-8-18/h2-4,7-8,10-11,15,20H,5-6,9,12-14H2,1H3,(H,23,26). The molecule has 8 heteroatoms. The smallest absolute Gasteiger partial charge is 0.272 e. The van der Waals surface area contributed by atoms with Gasteiger partial charge < -0.3 is 10.2 Å². The number of benzene rings is 2. The Labute approximate surface area is 180 Å². The van der Waals surface area contributed by atoms with Crippen LogP contribution in [-0.4, -0.2) is 46.5 Å². The van der Waals surface area contributed by atoms with Crippen molar-refractivity contribution >= 4 is 29.3 Å². The van der Waals surface area contributed by atoms with Crippen molar-refractivity contribution in [1.29, 1.82) is 0 Å². The number of carbonyl (C=O) groups is 2. The number of rotatable bonds is 8. The molecule has 0 spiro atoms. The number of nitrogens with zero attached hydrogens (tertiary/aromatic N) is 2. The predicted octanol–water partition coefficient (Wildman–Crippen LogP) is 3.81. The molecule has 1 aliphatic heterocycles. The van der Waals surface area contributed by atoms with Gasteiger partial charge in [0.1, 0.15) is 6.04 Å². The maximum atomic E-state index is 12.9. The van der Waals surface area contributed by atoms with Gasteiger partial charge in [0, 0.05) is 35.2 Å². The van der Waals surface area contributed by atoms with Crippen LogP contribution in [0.15, 0.2) is 53.4 Å². The fraction of sp³-hybridized carbons (Fsp3) is 0.364. The van der Waals surface area contributed by atoms with Crippen LogP contribution in [0.5, 0.6) is 0 Å². The molecule has 1 aliphatic rings. The number of nitrogens with one attached hydrogen (secondary N) is 1. The molecule has 30 heavy (non-hydrogen) atoms. The zero-order chi connectivity index (χ0) is 21.5. The van der Waals surface area contributed by atoms with Gasteiger partial charge in [0.25, 0.3) is 11.6 Å². The van der Waals surface area contributed by atoms with E-state index in [9.17, 15) is 19.7 Å². The summed E-state index contributed by atoms with van der Waals surface area (Å²) in [6, 6.07) is 13.9. The largest absolute Gasteiger partial charge is 0.354 e. The highest BCUT2D eigenvalue weighted by molar-refractivity contribution is 7.99. The van der Waals surface area contributed by atoms with Crippen molar-refractivity contribution in [3.05, 3.63) is 69.8 Å². The summed E-state index contributed by atoms with van der Waals surface area (Å²) in [5.41, 5.74) is 0.787. The van der Waals surface area contributed by atoms with E-state index in [-0.39, 0.29) is 17.5 Å². The molecule has 1 fully saturated rings. The molecule has 3 rings (SSSR count). The second-order valence-electron chi connectivity index (χ2n) is 7.22. The molecule has 2 amide bonds. The van der Waals surface area contributed by atoms with Crippen LogP contribution in [0.2, 0.25) is 0 Å². The molecule has 158 valence electrons. The van der Waals surface area contributed by atoms with Gasteiger partial charge in [-0.25, -0.2) is 0 Å². The average molecular weight is 428 g/mol. The first-order valence-electron chi connectivity index (χ1n) is 9.99. The second kappa shape index (κ2) is 10.2. The van der Waals surface area contributed by atoms with E-state index < -0.39 is 11.0 Å². The number of carbonyl (C=O) groups excluding carboxylic acids is 2. The van der Waals surface area contributed by atoms with E-state index in [1.807, 2.05) is 18.2 Å². The molecule has 0 aromatic heterocycles. The van der Waals surface area contributed by atoms with E-state index in [0.29, 0.717) is 30.6 Å². The lowest BCUT2D eigenvalue weighted by atomic mass is 10.1. The highest BCUT2D eigenvalue weighted by Gasteiger charge is 2.34. The van der Waals surface area contributed by atoms with Gasteiger partial charge in [-0.2, -0.15) is 0 Å². The Bertz CT molecular complexity index is 920. The molecule has 1 heterocycles. The molecule has 2 aromatic rings. The lowest BCUT2D eigenvalue weighted by molar-refractivity contribution is -0.385. The number of thioether (sulfide) groups is 1. The van der Waals surface area contributed by atoms with E-state index in [1.54, 1.807) is 23.6 Å². The Kier molecular flexibility index (Phi) is 7.46. The summed E-state index contributed by atoms with van der Waals surface area (Å²) < 4.78 is 0. The van der Waals surface area contributed by atoms with Crippen LogP contribution in [0.25, 0.3) is 0 Å². The molecule has 1 atom stereocenters. The van der Waals surface area contributed by atoms with Gasteiger partial charge >= 0.3 is 0 Å². The Hall–Kier alpha value is -2.87. The number of hydrogen-bond acceptors (Lipinski definition) is 5. The van der Waals surface area contributed by atoms with Gasteiger partial charge in [0.2, 0.25) is 5.91 Å². The molecule has 1 saturated heterocycles. The van der Waals surface area contributed by atoms with Gasteiger partial charge in [0.15, 0.2) is 0 Å². The third-order valence-corrected chi connectivity index (χ3v) is 6.19. The van der Waals surface area contributed by atoms with Crippen molar-refractivity contribution in [3.8, 4) is 0 Å². The Balaban J connectivity index is 1.51. The molecule has 0 saturated carbocycles. The summed E-state index contributed by atoms with van der Waals surface area (Å²) in [6.45, 7) is 2.68. The van der Waals surface area contributed by atoms with E-state index in [4.69, 9.17) is 0 Å². The Morgan fingerprint density at radius 2 is 2.00 bits per heavy atom. The lowest BCUT2D eigenvalue weighted by Crippen LogP contribution is -2.46. The zero-order valence-corrected chi connectivity index (χ0v) is 17.7. The molecular weight excluding hydrogens is 402 g/mol. The summed E-state index contributed by atoms with van der Waals surface area (Å²) in [6.07, 6.45) is 2.23.